The van der Waals surface area contributed by atoms with Crippen molar-refractivity contribution in [2.24, 2.45) is 0 Å². The molecular weight excluding hydrogens is 360 g/mol. The molecule has 0 fully saturated rings. The third-order valence-electron chi connectivity index (χ3n) is 3.96. The molecule has 0 saturated carbocycles. The molecule has 0 radical (unpaired) electrons. The summed E-state index contributed by atoms with van der Waals surface area (Å²) in [5.74, 6) is -0.998. The summed E-state index contributed by atoms with van der Waals surface area (Å²) >= 11 is 1.37. The minimum atomic E-state index is -0.609. The number of benzene rings is 2. The maximum Gasteiger partial charge on any atom is 0.358 e. The third-order valence-corrected chi connectivity index (χ3v) is 4.85. The number of thiazole rings is 1. The number of nitrogens with one attached hydrogen (secondary N) is 1. The van der Waals surface area contributed by atoms with Crippen LogP contribution in [0.1, 0.15) is 28.5 Å². The zero-order valence-corrected chi connectivity index (χ0v) is 16.0. The van der Waals surface area contributed by atoms with Crippen LogP contribution in [0.15, 0.2) is 53.9 Å². The predicted molar refractivity (Wildman–Crippen MR) is 107 cm³/mol. The summed E-state index contributed by atoms with van der Waals surface area (Å²) < 4.78 is 5.07. The Kier molecular flexibility index (Phi) is 5.98. The topological polar surface area (TPSA) is 68.3 Å². The van der Waals surface area contributed by atoms with Crippen molar-refractivity contribution in [3.05, 3.63) is 70.7 Å². The summed E-state index contributed by atoms with van der Waals surface area (Å²) in [5, 5.41) is 5.08. The van der Waals surface area contributed by atoms with E-state index in [-0.39, 0.29) is 18.2 Å². The van der Waals surface area contributed by atoms with Gasteiger partial charge >= 0.3 is 5.97 Å². The van der Waals surface area contributed by atoms with Gasteiger partial charge in [-0.05, 0) is 36.6 Å². The number of aromatic nitrogens is 1. The van der Waals surface area contributed by atoms with Gasteiger partial charge in [0.15, 0.2) is 12.3 Å². The first-order valence-electron chi connectivity index (χ1n) is 8.63. The molecule has 0 atom stereocenters. The Morgan fingerprint density at radius 2 is 1.93 bits per heavy atom. The van der Waals surface area contributed by atoms with Crippen molar-refractivity contribution >= 4 is 28.9 Å². The van der Waals surface area contributed by atoms with E-state index < -0.39 is 5.97 Å². The Morgan fingerprint density at radius 3 is 2.63 bits per heavy atom. The standard InChI is InChI=1S/C21H20N2O3S/c1-3-15-7-9-16(10-8-15)20-23-18(13-27-20)21(25)26-12-19(24)22-17-6-4-5-14(2)11-17/h4-11,13H,3,12H2,1-2H3,(H,22,24). The molecule has 1 heterocycles. The SMILES string of the molecule is CCc1ccc(-c2nc(C(=O)OCC(=O)Nc3cccc(C)c3)cs2)cc1. The van der Waals surface area contributed by atoms with Crippen LogP contribution in [-0.4, -0.2) is 23.5 Å². The van der Waals surface area contributed by atoms with Crippen molar-refractivity contribution in [2.45, 2.75) is 20.3 Å². The summed E-state index contributed by atoms with van der Waals surface area (Å²) in [6.07, 6.45) is 0.973. The Morgan fingerprint density at radius 1 is 1.15 bits per heavy atom. The minimum Gasteiger partial charge on any atom is -0.451 e. The molecule has 2 aromatic carbocycles. The number of hydrogen-bond donors (Lipinski definition) is 1. The van der Waals surface area contributed by atoms with E-state index in [2.05, 4.69) is 17.2 Å². The Bertz CT molecular complexity index is 948. The van der Waals surface area contributed by atoms with Crippen molar-refractivity contribution < 1.29 is 14.3 Å². The van der Waals surface area contributed by atoms with Crippen LogP contribution < -0.4 is 5.32 Å². The highest BCUT2D eigenvalue weighted by Crippen LogP contribution is 2.24. The van der Waals surface area contributed by atoms with Gasteiger partial charge in [0.05, 0.1) is 0 Å². The molecule has 0 saturated heterocycles. The normalized spacial score (nSPS) is 10.4. The van der Waals surface area contributed by atoms with Gasteiger partial charge in [0.25, 0.3) is 5.91 Å². The Labute approximate surface area is 162 Å². The number of rotatable bonds is 6. The summed E-state index contributed by atoms with van der Waals surface area (Å²) in [6.45, 7) is 3.68. The van der Waals surface area contributed by atoms with Crippen LogP contribution in [0, 0.1) is 6.92 Å². The molecule has 1 amide bonds. The number of carbonyl (C=O) groups excluding carboxylic acids is 2. The van der Waals surface area contributed by atoms with E-state index in [1.165, 1.54) is 16.9 Å². The molecular formula is C21H20N2O3S. The van der Waals surface area contributed by atoms with Crippen LogP contribution in [0.5, 0.6) is 0 Å². The number of ether oxygens (including phenoxy) is 1. The molecule has 27 heavy (non-hydrogen) atoms. The molecule has 0 aliphatic heterocycles. The van der Waals surface area contributed by atoms with Crippen LogP contribution in [0.25, 0.3) is 10.6 Å². The molecule has 138 valence electrons. The number of anilines is 1. The molecule has 0 aliphatic carbocycles. The average Bonchev–Trinajstić information content (AvgIpc) is 3.16. The van der Waals surface area contributed by atoms with Crippen molar-refractivity contribution in [3.8, 4) is 10.6 Å². The van der Waals surface area contributed by atoms with Gasteiger partial charge in [0.2, 0.25) is 0 Å². The number of hydrogen-bond acceptors (Lipinski definition) is 5. The van der Waals surface area contributed by atoms with Crippen LogP contribution in [0.4, 0.5) is 5.69 Å². The highest BCUT2D eigenvalue weighted by molar-refractivity contribution is 7.13. The molecule has 6 heteroatoms. The van der Waals surface area contributed by atoms with Crippen molar-refractivity contribution in [3.63, 3.8) is 0 Å². The predicted octanol–water partition coefficient (Wildman–Crippen LogP) is 4.48. The first-order chi connectivity index (χ1) is 13.0. The minimum absolute atomic E-state index is 0.206. The quantitative estimate of drug-likeness (QED) is 0.641. The zero-order valence-electron chi connectivity index (χ0n) is 15.2. The summed E-state index contributed by atoms with van der Waals surface area (Å²) in [5.41, 5.74) is 4.11. The van der Waals surface area contributed by atoms with Gasteiger partial charge in [-0.25, -0.2) is 9.78 Å². The third kappa shape index (κ3) is 5.01. The fourth-order valence-electron chi connectivity index (χ4n) is 2.51. The monoisotopic (exact) mass is 380 g/mol. The lowest BCUT2D eigenvalue weighted by Crippen LogP contribution is -2.21. The molecule has 0 spiro atoms. The van der Waals surface area contributed by atoms with Crippen LogP contribution in [-0.2, 0) is 16.0 Å². The second-order valence-corrected chi connectivity index (χ2v) is 6.94. The summed E-state index contributed by atoms with van der Waals surface area (Å²) in [6, 6.07) is 15.5. The van der Waals surface area contributed by atoms with E-state index in [0.29, 0.717) is 5.69 Å². The van der Waals surface area contributed by atoms with E-state index >= 15 is 0 Å². The molecule has 3 rings (SSSR count). The lowest BCUT2D eigenvalue weighted by molar-refractivity contribution is -0.119. The van der Waals surface area contributed by atoms with Crippen molar-refractivity contribution in [1.82, 2.24) is 4.98 Å². The first kappa shape index (κ1) is 18.8. The summed E-state index contributed by atoms with van der Waals surface area (Å²) in [7, 11) is 0. The van der Waals surface area contributed by atoms with Crippen molar-refractivity contribution in [1.29, 1.82) is 0 Å². The molecule has 1 aromatic heterocycles. The van der Waals surface area contributed by atoms with Gasteiger partial charge in [0.1, 0.15) is 5.01 Å². The Balaban J connectivity index is 1.56. The van der Waals surface area contributed by atoms with E-state index in [0.717, 1.165) is 22.6 Å². The molecule has 0 unspecified atom stereocenters. The van der Waals surface area contributed by atoms with Crippen LogP contribution in [0.3, 0.4) is 0 Å². The van der Waals surface area contributed by atoms with Gasteiger partial charge in [-0.15, -0.1) is 11.3 Å². The number of esters is 1. The van der Waals surface area contributed by atoms with Gasteiger partial charge in [-0.1, -0.05) is 43.3 Å². The van der Waals surface area contributed by atoms with Crippen LogP contribution in [0.2, 0.25) is 0 Å². The second-order valence-electron chi connectivity index (χ2n) is 6.08. The fraction of sp³-hybridized carbons (Fsp3) is 0.190. The molecule has 0 aliphatic rings. The molecule has 5 nitrogen and oxygen atoms in total. The Hall–Kier alpha value is -2.99. The van der Waals surface area contributed by atoms with E-state index in [9.17, 15) is 9.59 Å². The van der Waals surface area contributed by atoms with Crippen molar-refractivity contribution in [2.75, 3.05) is 11.9 Å². The fourth-order valence-corrected chi connectivity index (χ4v) is 3.30. The van der Waals surface area contributed by atoms with Crippen LogP contribution >= 0.6 is 11.3 Å². The van der Waals surface area contributed by atoms with Gasteiger partial charge in [-0.3, -0.25) is 4.79 Å². The van der Waals surface area contributed by atoms with E-state index in [1.807, 2.05) is 49.4 Å². The second kappa shape index (κ2) is 8.60. The maximum atomic E-state index is 12.1. The average molecular weight is 380 g/mol. The maximum absolute atomic E-state index is 12.1. The van der Waals surface area contributed by atoms with E-state index in [4.69, 9.17) is 4.74 Å². The molecule has 0 bridgehead atoms. The number of aryl methyl sites for hydroxylation is 2. The first-order valence-corrected chi connectivity index (χ1v) is 9.51. The van der Waals surface area contributed by atoms with E-state index in [1.54, 1.807) is 11.4 Å². The summed E-state index contributed by atoms with van der Waals surface area (Å²) in [4.78, 5) is 28.4. The van der Waals surface area contributed by atoms with Gasteiger partial charge in [-0.2, -0.15) is 0 Å². The lowest BCUT2D eigenvalue weighted by atomic mass is 10.1. The number of carbonyl (C=O) groups is 2. The number of nitrogens with zero attached hydrogens (tertiary/aromatic N) is 1. The largest absolute Gasteiger partial charge is 0.451 e. The molecule has 3 aromatic rings. The smallest absolute Gasteiger partial charge is 0.358 e. The zero-order chi connectivity index (χ0) is 19.2. The van der Waals surface area contributed by atoms with Gasteiger partial charge in [0, 0.05) is 16.6 Å². The highest BCUT2D eigenvalue weighted by Gasteiger charge is 2.15. The van der Waals surface area contributed by atoms with Gasteiger partial charge < -0.3 is 10.1 Å². The number of amides is 1. The highest BCUT2D eigenvalue weighted by atomic mass is 32.1. The molecule has 1 N–H and O–H groups in total. The lowest BCUT2D eigenvalue weighted by Gasteiger charge is -2.06.